The van der Waals surface area contributed by atoms with E-state index in [1.165, 1.54) is 5.56 Å². The van der Waals surface area contributed by atoms with E-state index in [0.29, 0.717) is 11.8 Å². The van der Waals surface area contributed by atoms with Gasteiger partial charge in [0.05, 0.1) is 0 Å². The fourth-order valence-corrected chi connectivity index (χ4v) is 2.04. The molecule has 5 nitrogen and oxygen atoms in total. The van der Waals surface area contributed by atoms with Crippen molar-refractivity contribution in [3.05, 3.63) is 35.7 Å². The highest BCUT2D eigenvalue weighted by Crippen LogP contribution is 2.34. The van der Waals surface area contributed by atoms with Gasteiger partial charge in [-0.2, -0.15) is 4.98 Å². The van der Waals surface area contributed by atoms with E-state index in [9.17, 15) is 0 Å². The smallest absolute Gasteiger partial charge is 0.269 e. The van der Waals surface area contributed by atoms with E-state index in [-0.39, 0.29) is 6.10 Å². The van der Waals surface area contributed by atoms with E-state index in [1.807, 2.05) is 37.2 Å². The molecule has 1 atom stereocenters. The normalized spacial score (nSPS) is 18.0. The van der Waals surface area contributed by atoms with E-state index in [1.54, 1.807) is 0 Å². The third-order valence-corrected chi connectivity index (χ3v) is 3.02. The van der Waals surface area contributed by atoms with Gasteiger partial charge in [-0.3, -0.25) is 0 Å². The van der Waals surface area contributed by atoms with Crippen LogP contribution in [0.25, 0.3) is 0 Å². The van der Waals surface area contributed by atoms with Gasteiger partial charge in [0.15, 0.2) is 6.10 Å². The largest absolute Gasteiger partial charge is 0.480 e. The summed E-state index contributed by atoms with van der Waals surface area (Å²) in [5.74, 6) is 2.04. The molecule has 0 saturated carbocycles. The Bertz CT molecular complexity index is 551. The van der Waals surface area contributed by atoms with Crippen LogP contribution in [0.15, 0.2) is 28.8 Å². The zero-order valence-corrected chi connectivity index (χ0v) is 10.5. The fourth-order valence-electron chi connectivity index (χ4n) is 2.04. The maximum atomic E-state index is 5.90. The Labute approximate surface area is 105 Å². The number of para-hydroxylation sites is 1. The second-order valence-electron chi connectivity index (χ2n) is 4.58. The lowest BCUT2D eigenvalue weighted by Gasteiger charge is -2.23. The summed E-state index contributed by atoms with van der Waals surface area (Å²) in [5.41, 5.74) is 1.24. The lowest BCUT2D eigenvalue weighted by Crippen LogP contribution is -2.16. The Morgan fingerprint density at radius 3 is 2.89 bits per heavy atom. The number of fused-ring (bicyclic) bond motifs is 1. The van der Waals surface area contributed by atoms with Crippen LogP contribution in [0.5, 0.6) is 5.75 Å². The Morgan fingerprint density at radius 2 is 2.11 bits per heavy atom. The topological polar surface area (TPSA) is 51.4 Å². The van der Waals surface area contributed by atoms with Crippen LogP contribution in [0.3, 0.4) is 0 Å². The van der Waals surface area contributed by atoms with Crippen LogP contribution in [0.2, 0.25) is 0 Å². The lowest BCUT2D eigenvalue weighted by atomic mass is 10.0. The zero-order valence-electron chi connectivity index (χ0n) is 10.5. The summed E-state index contributed by atoms with van der Waals surface area (Å²) < 4.78 is 11.1. The average molecular weight is 245 g/mol. The molecule has 0 saturated heterocycles. The number of nitrogens with zero attached hydrogens (tertiary/aromatic N) is 3. The van der Waals surface area contributed by atoms with Crippen LogP contribution >= 0.6 is 0 Å². The first kappa shape index (κ1) is 11.1. The van der Waals surface area contributed by atoms with Gasteiger partial charge in [0.1, 0.15) is 5.75 Å². The SMILES string of the molecule is CN(C)c1noc(C2CCc3ccccc3O2)n1. The molecular weight excluding hydrogens is 230 g/mol. The molecule has 1 aromatic heterocycles. The van der Waals surface area contributed by atoms with Crippen LogP contribution in [0, 0.1) is 0 Å². The molecule has 1 aliphatic heterocycles. The lowest BCUT2D eigenvalue weighted by molar-refractivity contribution is 0.135. The standard InChI is InChI=1S/C13H15N3O2/c1-16(2)13-14-12(18-15-13)11-8-7-9-5-3-4-6-10(9)17-11/h3-6,11H,7-8H2,1-2H3. The Kier molecular flexibility index (Phi) is 2.66. The van der Waals surface area contributed by atoms with Crippen LogP contribution in [0.4, 0.5) is 5.95 Å². The predicted octanol–water partition coefficient (Wildman–Crippen LogP) is 2.20. The van der Waals surface area contributed by atoms with Gasteiger partial charge in [-0.25, -0.2) is 0 Å². The predicted molar refractivity (Wildman–Crippen MR) is 66.8 cm³/mol. The number of aromatic nitrogens is 2. The molecule has 1 unspecified atom stereocenters. The van der Waals surface area contributed by atoms with Gasteiger partial charge in [-0.05, 0) is 29.6 Å². The average Bonchev–Trinajstić information content (AvgIpc) is 2.88. The molecule has 94 valence electrons. The number of hydrogen-bond acceptors (Lipinski definition) is 5. The Morgan fingerprint density at radius 1 is 1.28 bits per heavy atom. The van der Waals surface area contributed by atoms with Crippen LogP contribution in [0.1, 0.15) is 24.0 Å². The quantitative estimate of drug-likeness (QED) is 0.811. The van der Waals surface area contributed by atoms with E-state index >= 15 is 0 Å². The van der Waals surface area contributed by atoms with Crippen molar-refractivity contribution in [1.29, 1.82) is 0 Å². The number of ether oxygens (including phenoxy) is 1. The molecule has 3 rings (SSSR count). The van der Waals surface area contributed by atoms with E-state index in [2.05, 4.69) is 16.2 Å². The number of rotatable bonds is 2. The molecule has 0 bridgehead atoms. The molecule has 0 spiro atoms. The summed E-state index contributed by atoms with van der Waals surface area (Å²) in [7, 11) is 3.76. The highest BCUT2D eigenvalue weighted by molar-refractivity contribution is 5.35. The van der Waals surface area contributed by atoms with Crippen LogP contribution in [-0.2, 0) is 6.42 Å². The minimum absolute atomic E-state index is 0.138. The number of aryl methyl sites for hydroxylation is 1. The number of hydrogen-bond donors (Lipinski definition) is 0. The maximum Gasteiger partial charge on any atom is 0.269 e. The first-order valence-electron chi connectivity index (χ1n) is 5.99. The summed E-state index contributed by atoms with van der Waals surface area (Å²) >= 11 is 0. The third kappa shape index (κ3) is 1.92. The molecule has 0 amide bonds. The van der Waals surface area contributed by atoms with Crippen molar-refractivity contribution in [1.82, 2.24) is 10.1 Å². The summed E-state index contributed by atoms with van der Waals surface area (Å²) in [6.07, 6.45) is 1.70. The van der Waals surface area contributed by atoms with Crippen LogP contribution < -0.4 is 9.64 Å². The molecule has 2 aromatic rings. The first-order valence-corrected chi connectivity index (χ1v) is 5.99. The Balaban J connectivity index is 1.83. The molecule has 0 fully saturated rings. The minimum Gasteiger partial charge on any atom is -0.480 e. The summed E-state index contributed by atoms with van der Waals surface area (Å²) in [5, 5.41) is 3.91. The van der Waals surface area contributed by atoms with Crippen molar-refractivity contribution in [2.75, 3.05) is 19.0 Å². The third-order valence-electron chi connectivity index (χ3n) is 3.02. The minimum atomic E-state index is -0.138. The van der Waals surface area contributed by atoms with Gasteiger partial charge in [0.25, 0.3) is 11.8 Å². The molecule has 0 N–H and O–H groups in total. The van der Waals surface area contributed by atoms with Gasteiger partial charge in [0, 0.05) is 14.1 Å². The molecule has 0 radical (unpaired) electrons. The molecule has 18 heavy (non-hydrogen) atoms. The van der Waals surface area contributed by atoms with Crippen molar-refractivity contribution < 1.29 is 9.26 Å². The van der Waals surface area contributed by atoms with Gasteiger partial charge in [-0.1, -0.05) is 18.2 Å². The molecule has 1 aromatic carbocycles. The number of benzene rings is 1. The second kappa shape index (κ2) is 4.33. The van der Waals surface area contributed by atoms with Crippen molar-refractivity contribution >= 4 is 5.95 Å². The van der Waals surface area contributed by atoms with Crippen molar-refractivity contribution in [2.24, 2.45) is 0 Å². The first-order chi connectivity index (χ1) is 8.74. The highest BCUT2D eigenvalue weighted by atomic mass is 16.5. The summed E-state index contributed by atoms with van der Waals surface area (Å²) in [4.78, 5) is 6.14. The van der Waals surface area contributed by atoms with Crippen molar-refractivity contribution in [3.8, 4) is 5.75 Å². The van der Waals surface area contributed by atoms with Gasteiger partial charge >= 0.3 is 0 Å². The van der Waals surface area contributed by atoms with Crippen LogP contribution in [-0.4, -0.2) is 24.2 Å². The van der Waals surface area contributed by atoms with Crippen molar-refractivity contribution in [2.45, 2.75) is 18.9 Å². The monoisotopic (exact) mass is 245 g/mol. The molecule has 5 heteroatoms. The summed E-state index contributed by atoms with van der Waals surface area (Å²) in [6.45, 7) is 0. The zero-order chi connectivity index (χ0) is 12.5. The fraction of sp³-hybridized carbons (Fsp3) is 0.385. The number of anilines is 1. The maximum absolute atomic E-state index is 5.90. The molecule has 1 aliphatic rings. The highest BCUT2D eigenvalue weighted by Gasteiger charge is 2.26. The molecule has 0 aliphatic carbocycles. The van der Waals surface area contributed by atoms with Gasteiger partial charge in [0.2, 0.25) is 0 Å². The Hall–Kier alpha value is -2.04. The summed E-state index contributed by atoms with van der Waals surface area (Å²) in [6, 6.07) is 8.06. The van der Waals surface area contributed by atoms with Gasteiger partial charge in [-0.15, -0.1) is 0 Å². The van der Waals surface area contributed by atoms with E-state index in [0.717, 1.165) is 18.6 Å². The molecular formula is C13H15N3O2. The van der Waals surface area contributed by atoms with Gasteiger partial charge < -0.3 is 14.2 Å². The van der Waals surface area contributed by atoms with E-state index in [4.69, 9.17) is 9.26 Å². The molecule has 2 heterocycles. The second-order valence-corrected chi connectivity index (χ2v) is 4.58. The van der Waals surface area contributed by atoms with E-state index < -0.39 is 0 Å². The van der Waals surface area contributed by atoms with Crippen molar-refractivity contribution in [3.63, 3.8) is 0 Å².